The number of methoxy groups -OCH3 is 1. The number of rotatable bonds is 5. The van der Waals surface area contributed by atoms with Crippen molar-refractivity contribution in [1.82, 2.24) is 15.0 Å². The van der Waals surface area contributed by atoms with Gasteiger partial charge in [-0.3, -0.25) is 0 Å². The summed E-state index contributed by atoms with van der Waals surface area (Å²) < 4.78 is 4.96. The molecule has 0 spiro atoms. The van der Waals surface area contributed by atoms with E-state index in [0.29, 0.717) is 18.4 Å². The minimum atomic E-state index is 0.464. The molecule has 0 aliphatic rings. The first-order valence-corrected chi connectivity index (χ1v) is 5.04. The Morgan fingerprint density at radius 1 is 1.43 bits per heavy atom. The standard InChI is InChI=1S/C10H19N3O/c1-8(2)9(3)10-7-11-13(12-10)5-6-14-4/h7-9H,5-6H2,1-4H3. The lowest BCUT2D eigenvalue weighted by molar-refractivity contribution is 0.178. The Labute approximate surface area is 85.3 Å². The fraction of sp³-hybridized carbons (Fsp3) is 0.800. The van der Waals surface area contributed by atoms with Gasteiger partial charge in [0.1, 0.15) is 0 Å². The molecule has 0 N–H and O–H groups in total. The van der Waals surface area contributed by atoms with E-state index in [1.54, 1.807) is 11.9 Å². The lowest BCUT2D eigenvalue weighted by atomic mass is 9.95. The number of ether oxygens (including phenoxy) is 1. The zero-order chi connectivity index (χ0) is 10.6. The molecular formula is C10H19N3O. The molecule has 1 heterocycles. The summed E-state index contributed by atoms with van der Waals surface area (Å²) in [7, 11) is 1.68. The predicted molar refractivity (Wildman–Crippen MR) is 55.2 cm³/mol. The van der Waals surface area contributed by atoms with Crippen LogP contribution < -0.4 is 0 Å². The van der Waals surface area contributed by atoms with E-state index in [-0.39, 0.29) is 0 Å². The van der Waals surface area contributed by atoms with Gasteiger partial charge in [0.15, 0.2) is 0 Å². The smallest absolute Gasteiger partial charge is 0.0857 e. The largest absolute Gasteiger partial charge is 0.383 e. The molecule has 1 aromatic heterocycles. The van der Waals surface area contributed by atoms with Crippen LogP contribution in [0.15, 0.2) is 6.20 Å². The van der Waals surface area contributed by atoms with E-state index in [1.165, 1.54) is 0 Å². The van der Waals surface area contributed by atoms with Gasteiger partial charge in [-0.25, -0.2) is 0 Å². The fourth-order valence-electron chi connectivity index (χ4n) is 1.14. The molecule has 0 aliphatic carbocycles. The van der Waals surface area contributed by atoms with E-state index < -0.39 is 0 Å². The molecule has 0 amide bonds. The maximum absolute atomic E-state index is 4.96. The quantitative estimate of drug-likeness (QED) is 0.721. The molecule has 0 aromatic carbocycles. The van der Waals surface area contributed by atoms with Crippen molar-refractivity contribution in [3.63, 3.8) is 0 Å². The van der Waals surface area contributed by atoms with Crippen LogP contribution in [0.2, 0.25) is 0 Å². The van der Waals surface area contributed by atoms with Crippen molar-refractivity contribution in [2.75, 3.05) is 13.7 Å². The normalized spacial score (nSPS) is 13.5. The van der Waals surface area contributed by atoms with E-state index >= 15 is 0 Å². The van der Waals surface area contributed by atoms with Gasteiger partial charge in [0.25, 0.3) is 0 Å². The van der Waals surface area contributed by atoms with E-state index in [4.69, 9.17) is 4.74 Å². The summed E-state index contributed by atoms with van der Waals surface area (Å²) in [4.78, 5) is 1.69. The molecule has 1 rings (SSSR count). The lowest BCUT2D eigenvalue weighted by Crippen LogP contribution is -2.09. The third-order valence-corrected chi connectivity index (χ3v) is 2.52. The van der Waals surface area contributed by atoms with Gasteiger partial charge in [-0.15, -0.1) is 0 Å². The Hall–Kier alpha value is -0.900. The van der Waals surface area contributed by atoms with E-state index in [0.717, 1.165) is 12.2 Å². The van der Waals surface area contributed by atoms with Crippen molar-refractivity contribution in [3.8, 4) is 0 Å². The first-order valence-electron chi connectivity index (χ1n) is 5.04. The first-order chi connectivity index (χ1) is 6.65. The van der Waals surface area contributed by atoms with Crippen molar-refractivity contribution in [2.45, 2.75) is 33.2 Å². The summed E-state index contributed by atoms with van der Waals surface area (Å²) >= 11 is 0. The van der Waals surface area contributed by atoms with Crippen LogP contribution in [0.25, 0.3) is 0 Å². The molecule has 0 fully saturated rings. The average molecular weight is 197 g/mol. The van der Waals surface area contributed by atoms with Crippen LogP contribution in [0.3, 0.4) is 0 Å². The molecule has 4 heteroatoms. The molecule has 0 bridgehead atoms. The molecule has 14 heavy (non-hydrogen) atoms. The zero-order valence-electron chi connectivity index (χ0n) is 9.40. The molecule has 4 nitrogen and oxygen atoms in total. The molecule has 0 radical (unpaired) electrons. The predicted octanol–water partition coefficient (Wildman–Crippen LogP) is 1.68. The van der Waals surface area contributed by atoms with Crippen LogP contribution in [0.5, 0.6) is 0 Å². The second-order valence-electron chi connectivity index (χ2n) is 3.89. The fourth-order valence-corrected chi connectivity index (χ4v) is 1.14. The highest BCUT2D eigenvalue weighted by atomic mass is 16.5. The van der Waals surface area contributed by atoms with Crippen LogP contribution in [-0.4, -0.2) is 28.7 Å². The first kappa shape index (κ1) is 11.2. The van der Waals surface area contributed by atoms with Crippen LogP contribution in [0, 0.1) is 5.92 Å². The van der Waals surface area contributed by atoms with Gasteiger partial charge in [-0.1, -0.05) is 20.8 Å². The van der Waals surface area contributed by atoms with Gasteiger partial charge in [-0.05, 0) is 5.92 Å². The van der Waals surface area contributed by atoms with Gasteiger partial charge >= 0.3 is 0 Å². The highest BCUT2D eigenvalue weighted by molar-refractivity contribution is 5.00. The van der Waals surface area contributed by atoms with Crippen LogP contribution in [-0.2, 0) is 11.3 Å². The van der Waals surface area contributed by atoms with Crippen LogP contribution >= 0.6 is 0 Å². The summed E-state index contributed by atoms with van der Waals surface area (Å²) in [5.41, 5.74) is 1.07. The summed E-state index contributed by atoms with van der Waals surface area (Å²) in [6, 6.07) is 0. The SMILES string of the molecule is COCCn1ncc(C(C)C(C)C)n1. The number of nitrogens with zero attached hydrogens (tertiary/aromatic N) is 3. The van der Waals surface area contributed by atoms with Gasteiger partial charge in [0, 0.05) is 13.0 Å². The maximum Gasteiger partial charge on any atom is 0.0857 e. The second-order valence-corrected chi connectivity index (χ2v) is 3.89. The van der Waals surface area contributed by atoms with Gasteiger partial charge in [0.05, 0.1) is 25.0 Å². The summed E-state index contributed by atoms with van der Waals surface area (Å²) in [5, 5.41) is 8.58. The molecule has 1 unspecified atom stereocenters. The Balaban J connectivity index is 2.58. The minimum absolute atomic E-state index is 0.464. The molecule has 0 aliphatic heterocycles. The Morgan fingerprint density at radius 2 is 2.14 bits per heavy atom. The average Bonchev–Trinajstić information content (AvgIpc) is 2.61. The summed E-state index contributed by atoms with van der Waals surface area (Å²) in [6.07, 6.45) is 1.85. The molecule has 80 valence electrons. The third kappa shape index (κ3) is 2.80. The lowest BCUT2D eigenvalue weighted by Gasteiger charge is -2.11. The Bertz CT molecular complexity index is 270. The second kappa shape index (κ2) is 5.10. The Morgan fingerprint density at radius 3 is 2.71 bits per heavy atom. The van der Waals surface area contributed by atoms with Crippen LogP contribution in [0.4, 0.5) is 0 Å². The minimum Gasteiger partial charge on any atom is -0.383 e. The summed E-state index contributed by atoms with van der Waals surface area (Å²) in [5.74, 6) is 1.06. The number of hydrogen-bond acceptors (Lipinski definition) is 3. The van der Waals surface area contributed by atoms with Crippen LogP contribution in [0.1, 0.15) is 32.4 Å². The third-order valence-electron chi connectivity index (χ3n) is 2.52. The molecular weight excluding hydrogens is 178 g/mol. The molecule has 1 aromatic rings. The van der Waals surface area contributed by atoms with E-state index in [2.05, 4.69) is 31.0 Å². The van der Waals surface area contributed by atoms with E-state index in [9.17, 15) is 0 Å². The van der Waals surface area contributed by atoms with Crippen molar-refractivity contribution in [3.05, 3.63) is 11.9 Å². The highest BCUT2D eigenvalue weighted by Crippen LogP contribution is 2.20. The number of hydrogen-bond donors (Lipinski definition) is 0. The molecule has 1 atom stereocenters. The van der Waals surface area contributed by atoms with Crippen molar-refractivity contribution in [1.29, 1.82) is 0 Å². The Kier molecular flexibility index (Phi) is 4.07. The molecule has 0 saturated carbocycles. The topological polar surface area (TPSA) is 39.9 Å². The van der Waals surface area contributed by atoms with Crippen molar-refractivity contribution in [2.24, 2.45) is 5.92 Å². The van der Waals surface area contributed by atoms with Gasteiger partial charge in [0.2, 0.25) is 0 Å². The zero-order valence-corrected chi connectivity index (χ0v) is 9.40. The van der Waals surface area contributed by atoms with Crippen molar-refractivity contribution < 1.29 is 4.74 Å². The molecule has 0 saturated heterocycles. The monoisotopic (exact) mass is 197 g/mol. The van der Waals surface area contributed by atoms with Gasteiger partial charge < -0.3 is 4.74 Å². The highest BCUT2D eigenvalue weighted by Gasteiger charge is 2.13. The van der Waals surface area contributed by atoms with Gasteiger partial charge in [-0.2, -0.15) is 15.0 Å². The maximum atomic E-state index is 4.96. The van der Waals surface area contributed by atoms with E-state index in [1.807, 2.05) is 6.20 Å². The summed E-state index contributed by atoms with van der Waals surface area (Å²) in [6.45, 7) is 7.94. The number of aromatic nitrogens is 3. The van der Waals surface area contributed by atoms with Crippen molar-refractivity contribution >= 4 is 0 Å².